The molecule has 1 unspecified atom stereocenters. The molecule has 0 aromatic heterocycles. The molecular formula is C17H21FN4O6. The highest BCUT2D eigenvalue weighted by atomic mass is 19.1. The number of nitrogens with one attached hydrogen (secondary N) is 1. The minimum atomic E-state index is -0.726. The van der Waals surface area contributed by atoms with Gasteiger partial charge in [0, 0.05) is 20.0 Å². The first-order chi connectivity index (χ1) is 13.3. The average molecular weight is 396 g/mol. The molecule has 2 aliphatic heterocycles. The topological polar surface area (TPSA) is 123 Å². The maximum Gasteiger partial charge on any atom is 0.414 e. The lowest BCUT2D eigenvalue weighted by molar-refractivity contribution is -0.166. The highest BCUT2D eigenvalue weighted by Gasteiger charge is 2.35. The van der Waals surface area contributed by atoms with Gasteiger partial charge in [-0.3, -0.25) is 19.7 Å². The number of ether oxygens (including phenoxy) is 1. The van der Waals surface area contributed by atoms with E-state index in [0.717, 1.165) is 0 Å². The standard InChI is InChI=1S/C17H21FN4O6/c1-10(24)22(27)8-13-7-21(17(26)28-13)12-2-3-15(14(18)4-12)20-5-11(6-20)19-16(25)9-23/h2-4,11,13,23,27H,5-9H2,1H3,(H,19,25). The van der Waals surface area contributed by atoms with Crippen molar-refractivity contribution < 1.29 is 33.8 Å². The smallest absolute Gasteiger partial charge is 0.414 e. The number of halogens is 1. The Kier molecular flexibility index (Phi) is 5.66. The minimum Gasteiger partial charge on any atom is -0.442 e. The normalized spacial score (nSPS) is 19.3. The molecule has 1 aromatic rings. The molecule has 0 spiro atoms. The number of hydrogen-bond donors (Lipinski definition) is 3. The van der Waals surface area contributed by atoms with E-state index in [2.05, 4.69) is 5.32 Å². The average Bonchev–Trinajstić information content (AvgIpc) is 2.98. The van der Waals surface area contributed by atoms with E-state index in [1.165, 1.54) is 24.0 Å². The number of aliphatic hydroxyl groups is 1. The summed E-state index contributed by atoms with van der Waals surface area (Å²) in [5.41, 5.74) is 0.632. The Labute approximate surface area is 160 Å². The van der Waals surface area contributed by atoms with Crippen molar-refractivity contribution in [3.05, 3.63) is 24.0 Å². The van der Waals surface area contributed by atoms with Gasteiger partial charge in [0.1, 0.15) is 18.5 Å². The quantitative estimate of drug-likeness (QED) is 0.445. The third kappa shape index (κ3) is 4.15. The lowest BCUT2D eigenvalue weighted by atomic mass is 10.1. The van der Waals surface area contributed by atoms with Crippen molar-refractivity contribution in [1.82, 2.24) is 10.4 Å². The summed E-state index contributed by atoms with van der Waals surface area (Å²) in [4.78, 5) is 37.2. The highest BCUT2D eigenvalue weighted by Crippen LogP contribution is 2.30. The Morgan fingerprint density at radius 1 is 1.36 bits per heavy atom. The van der Waals surface area contributed by atoms with Crippen LogP contribution >= 0.6 is 0 Å². The second-order valence-corrected chi connectivity index (χ2v) is 6.68. The number of benzene rings is 1. The summed E-state index contributed by atoms with van der Waals surface area (Å²) in [5.74, 6) is -1.59. The maximum atomic E-state index is 14.5. The summed E-state index contributed by atoms with van der Waals surface area (Å²) in [7, 11) is 0. The van der Waals surface area contributed by atoms with Gasteiger partial charge in [-0.05, 0) is 18.2 Å². The van der Waals surface area contributed by atoms with Gasteiger partial charge < -0.3 is 20.1 Å². The molecule has 28 heavy (non-hydrogen) atoms. The number of carbonyl (C=O) groups excluding carboxylic acids is 3. The van der Waals surface area contributed by atoms with Crippen molar-refractivity contribution in [3.63, 3.8) is 0 Å². The van der Waals surface area contributed by atoms with Gasteiger partial charge in [-0.25, -0.2) is 14.2 Å². The number of hydrogen-bond acceptors (Lipinski definition) is 7. The van der Waals surface area contributed by atoms with Gasteiger partial charge in [0.15, 0.2) is 0 Å². The summed E-state index contributed by atoms with van der Waals surface area (Å²) in [6.45, 7) is 1.30. The second kappa shape index (κ2) is 7.98. The summed E-state index contributed by atoms with van der Waals surface area (Å²) < 4.78 is 19.6. The van der Waals surface area contributed by atoms with Gasteiger partial charge >= 0.3 is 6.09 Å². The summed E-state index contributed by atoms with van der Waals surface area (Å²) in [6, 6.07) is 4.16. The maximum absolute atomic E-state index is 14.5. The Bertz CT molecular complexity index is 785. The largest absolute Gasteiger partial charge is 0.442 e. The predicted molar refractivity (Wildman–Crippen MR) is 94.4 cm³/mol. The van der Waals surface area contributed by atoms with Crippen molar-refractivity contribution in [2.45, 2.75) is 19.1 Å². The number of rotatable bonds is 6. The fourth-order valence-corrected chi connectivity index (χ4v) is 3.11. The van der Waals surface area contributed by atoms with E-state index in [0.29, 0.717) is 29.5 Å². The van der Waals surface area contributed by atoms with E-state index in [-0.39, 0.29) is 19.1 Å². The van der Waals surface area contributed by atoms with Crippen LogP contribution in [0.25, 0.3) is 0 Å². The van der Waals surface area contributed by atoms with Crippen LogP contribution in [-0.2, 0) is 14.3 Å². The van der Waals surface area contributed by atoms with Crippen LogP contribution in [0.15, 0.2) is 18.2 Å². The zero-order valence-corrected chi connectivity index (χ0v) is 15.2. The van der Waals surface area contributed by atoms with Gasteiger partial charge in [0.25, 0.3) is 0 Å². The number of carbonyl (C=O) groups is 3. The van der Waals surface area contributed by atoms with Crippen LogP contribution in [0.5, 0.6) is 0 Å². The number of nitrogens with zero attached hydrogens (tertiary/aromatic N) is 3. The van der Waals surface area contributed by atoms with Crippen molar-refractivity contribution in [1.29, 1.82) is 0 Å². The molecular weight excluding hydrogens is 375 g/mol. The minimum absolute atomic E-state index is 0.0704. The van der Waals surface area contributed by atoms with E-state index in [4.69, 9.17) is 9.84 Å². The predicted octanol–water partition coefficient (Wildman–Crippen LogP) is -0.314. The molecule has 11 heteroatoms. The molecule has 0 bridgehead atoms. The third-order valence-corrected chi connectivity index (χ3v) is 4.59. The van der Waals surface area contributed by atoms with Crippen LogP contribution in [0.4, 0.5) is 20.6 Å². The van der Waals surface area contributed by atoms with Gasteiger partial charge in [0.05, 0.1) is 30.5 Å². The third-order valence-electron chi connectivity index (χ3n) is 4.59. The number of aliphatic hydroxyl groups excluding tert-OH is 1. The second-order valence-electron chi connectivity index (χ2n) is 6.68. The van der Waals surface area contributed by atoms with Crippen LogP contribution in [0, 0.1) is 5.82 Å². The zero-order chi connectivity index (χ0) is 20.4. The molecule has 1 aromatic carbocycles. The summed E-state index contributed by atoms with van der Waals surface area (Å²) in [6.07, 6.45) is -1.42. The van der Waals surface area contributed by atoms with E-state index in [9.17, 15) is 24.0 Å². The summed E-state index contributed by atoms with van der Waals surface area (Å²) in [5, 5.41) is 21.2. The van der Waals surface area contributed by atoms with Gasteiger partial charge in [-0.15, -0.1) is 0 Å². The fourth-order valence-electron chi connectivity index (χ4n) is 3.11. The van der Waals surface area contributed by atoms with Crippen LogP contribution in [-0.4, -0.2) is 78.2 Å². The molecule has 3 amide bonds. The Morgan fingerprint density at radius 3 is 2.68 bits per heavy atom. The van der Waals surface area contributed by atoms with Crippen molar-refractivity contribution >= 4 is 29.3 Å². The van der Waals surface area contributed by atoms with E-state index < -0.39 is 36.4 Å². The van der Waals surface area contributed by atoms with Gasteiger partial charge in [-0.1, -0.05) is 0 Å². The monoisotopic (exact) mass is 396 g/mol. The van der Waals surface area contributed by atoms with Crippen LogP contribution in [0.2, 0.25) is 0 Å². The molecule has 3 rings (SSSR count). The molecule has 3 N–H and O–H groups in total. The molecule has 0 radical (unpaired) electrons. The lowest BCUT2D eigenvalue weighted by Gasteiger charge is -2.41. The summed E-state index contributed by atoms with van der Waals surface area (Å²) >= 11 is 0. The van der Waals surface area contributed by atoms with E-state index >= 15 is 0 Å². The SMILES string of the molecule is CC(=O)N(O)CC1CN(c2ccc(N3CC(NC(=O)CO)C3)c(F)c2)C(=O)O1. The molecule has 0 saturated carbocycles. The number of amides is 3. The number of cyclic esters (lactones) is 1. The Hall–Kier alpha value is -2.92. The van der Waals surface area contributed by atoms with Crippen molar-refractivity contribution in [2.75, 3.05) is 42.6 Å². The van der Waals surface area contributed by atoms with Crippen molar-refractivity contribution in [3.8, 4) is 0 Å². The number of hydroxylamine groups is 2. The van der Waals surface area contributed by atoms with Crippen LogP contribution in [0.3, 0.4) is 0 Å². The number of anilines is 2. The van der Waals surface area contributed by atoms with Crippen LogP contribution in [0.1, 0.15) is 6.92 Å². The molecule has 0 aliphatic carbocycles. The first-order valence-corrected chi connectivity index (χ1v) is 8.68. The fraction of sp³-hybridized carbons (Fsp3) is 0.471. The Morgan fingerprint density at radius 2 is 2.07 bits per heavy atom. The highest BCUT2D eigenvalue weighted by molar-refractivity contribution is 5.90. The molecule has 1 atom stereocenters. The van der Waals surface area contributed by atoms with E-state index in [1.54, 1.807) is 11.0 Å². The van der Waals surface area contributed by atoms with Gasteiger partial charge in [0.2, 0.25) is 11.8 Å². The first-order valence-electron chi connectivity index (χ1n) is 8.68. The van der Waals surface area contributed by atoms with Crippen molar-refractivity contribution in [2.24, 2.45) is 0 Å². The molecule has 2 saturated heterocycles. The van der Waals surface area contributed by atoms with Gasteiger partial charge in [-0.2, -0.15) is 0 Å². The molecule has 152 valence electrons. The first kappa shape index (κ1) is 19.8. The molecule has 2 fully saturated rings. The van der Waals surface area contributed by atoms with Crippen LogP contribution < -0.4 is 15.1 Å². The Balaban J connectivity index is 1.61. The van der Waals surface area contributed by atoms with E-state index in [1.807, 2.05) is 0 Å². The molecule has 2 heterocycles. The lowest BCUT2D eigenvalue weighted by Crippen LogP contribution is -2.60. The zero-order valence-electron chi connectivity index (χ0n) is 15.2. The molecule has 10 nitrogen and oxygen atoms in total. The molecule has 2 aliphatic rings.